The highest BCUT2D eigenvalue weighted by Gasteiger charge is 2.40. The maximum absolute atomic E-state index is 9.04. The van der Waals surface area contributed by atoms with Crippen LogP contribution in [-0.2, 0) is 0 Å². The van der Waals surface area contributed by atoms with Crippen molar-refractivity contribution in [3.05, 3.63) is 0 Å². The number of rotatable bonds is 2. The van der Waals surface area contributed by atoms with E-state index in [9.17, 15) is 0 Å². The minimum absolute atomic E-state index is 0.254. The molecule has 0 aliphatic carbocycles. The number of likely N-dealkylation sites (tertiary alicyclic amines) is 1. The van der Waals surface area contributed by atoms with Gasteiger partial charge in [0.25, 0.3) is 0 Å². The molecule has 1 aliphatic heterocycles. The Morgan fingerprint density at radius 3 is 1.92 bits per heavy atom. The zero-order valence-electron chi connectivity index (χ0n) is 9.43. The first-order chi connectivity index (χ1) is 5.90. The van der Waals surface area contributed by atoms with Gasteiger partial charge in [-0.05, 0) is 47.0 Å². The summed E-state index contributed by atoms with van der Waals surface area (Å²) in [7, 11) is 0. The van der Waals surface area contributed by atoms with Crippen LogP contribution in [0.15, 0.2) is 0 Å². The van der Waals surface area contributed by atoms with Gasteiger partial charge < -0.3 is 5.11 Å². The van der Waals surface area contributed by atoms with E-state index >= 15 is 0 Å². The molecule has 1 saturated heterocycles. The Labute approximate surface area is 81.9 Å². The van der Waals surface area contributed by atoms with Gasteiger partial charge in [0.05, 0.1) is 6.61 Å². The van der Waals surface area contributed by atoms with Crippen molar-refractivity contribution in [3.63, 3.8) is 0 Å². The summed E-state index contributed by atoms with van der Waals surface area (Å²) in [4.78, 5) is 2.45. The molecule has 0 bridgehead atoms. The van der Waals surface area contributed by atoms with E-state index in [-0.39, 0.29) is 17.7 Å². The molecule has 0 aromatic carbocycles. The summed E-state index contributed by atoms with van der Waals surface area (Å²) in [6.07, 6.45) is 3.80. The third kappa shape index (κ3) is 2.23. The molecule has 1 rings (SSSR count). The lowest BCUT2D eigenvalue weighted by molar-refractivity contribution is -0.0361. The average Bonchev–Trinajstić information content (AvgIpc) is 1.96. The summed E-state index contributed by atoms with van der Waals surface area (Å²) >= 11 is 0. The van der Waals surface area contributed by atoms with Crippen LogP contribution >= 0.6 is 0 Å². The molecule has 0 saturated carbocycles. The van der Waals surface area contributed by atoms with Gasteiger partial charge in [0, 0.05) is 17.6 Å². The van der Waals surface area contributed by atoms with Gasteiger partial charge in [-0.1, -0.05) is 0 Å². The van der Waals surface area contributed by atoms with E-state index in [2.05, 4.69) is 32.6 Å². The van der Waals surface area contributed by atoms with Gasteiger partial charge in [-0.25, -0.2) is 0 Å². The summed E-state index contributed by atoms with van der Waals surface area (Å²) in [5.41, 5.74) is 0.509. The molecule has 0 amide bonds. The molecule has 1 heterocycles. The molecule has 2 heteroatoms. The Morgan fingerprint density at radius 1 is 1.08 bits per heavy atom. The van der Waals surface area contributed by atoms with E-state index in [0.717, 1.165) is 6.54 Å². The van der Waals surface area contributed by atoms with Crippen LogP contribution in [-0.4, -0.2) is 34.2 Å². The lowest BCUT2D eigenvalue weighted by atomic mass is 9.80. The molecule has 0 radical (unpaired) electrons. The Hall–Kier alpha value is -0.0800. The Balaban J connectivity index is 2.78. The zero-order valence-corrected chi connectivity index (χ0v) is 9.43. The topological polar surface area (TPSA) is 23.5 Å². The fourth-order valence-corrected chi connectivity index (χ4v) is 2.75. The normalized spacial score (nSPS) is 27.5. The molecule has 0 atom stereocenters. The first kappa shape index (κ1) is 11.0. The van der Waals surface area contributed by atoms with E-state index in [1.165, 1.54) is 19.3 Å². The maximum Gasteiger partial charge on any atom is 0.0558 e. The number of aliphatic hydroxyl groups excluding tert-OH is 1. The summed E-state index contributed by atoms with van der Waals surface area (Å²) in [6, 6.07) is 0. The van der Waals surface area contributed by atoms with Crippen LogP contribution in [0.4, 0.5) is 0 Å². The van der Waals surface area contributed by atoms with Gasteiger partial charge in [0.2, 0.25) is 0 Å². The van der Waals surface area contributed by atoms with Crippen molar-refractivity contribution in [1.82, 2.24) is 4.90 Å². The van der Waals surface area contributed by atoms with Crippen LogP contribution in [0.2, 0.25) is 0 Å². The van der Waals surface area contributed by atoms with Gasteiger partial charge in [-0.2, -0.15) is 0 Å². The largest absolute Gasteiger partial charge is 0.395 e. The van der Waals surface area contributed by atoms with Gasteiger partial charge in [0.15, 0.2) is 0 Å². The number of hydrogen-bond donors (Lipinski definition) is 1. The highest BCUT2D eigenvalue weighted by Crippen LogP contribution is 2.37. The second kappa shape index (κ2) is 3.58. The van der Waals surface area contributed by atoms with E-state index < -0.39 is 0 Å². The standard InChI is InChI=1S/C11H23NO/c1-10(2)6-5-7-11(3,4)12(10)8-9-13/h13H,5-9H2,1-4H3. The predicted molar refractivity (Wildman–Crippen MR) is 55.8 cm³/mol. The summed E-state index contributed by atoms with van der Waals surface area (Å²) < 4.78 is 0. The SMILES string of the molecule is CC1(C)CCCC(C)(C)N1CCO. The number of aliphatic hydroxyl groups is 1. The quantitative estimate of drug-likeness (QED) is 0.711. The number of nitrogens with zero attached hydrogens (tertiary/aromatic N) is 1. The van der Waals surface area contributed by atoms with E-state index in [1.54, 1.807) is 0 Å². The molecule has 1 fully saturated rings. The third-order valence-electron chi connectivity index (χ3n) is 3.36. The zero-order chi connectivity index (χ0) is 10.1. The molecule has 13 heavy (non-hydrogen) atoms. The minimum Gasteiger partial charge on any atom is -0.395 e. The Kier molecular flexibility index (Phi) is 3.03. The Morgan fingerprint density at radius 2 is 1.54 bits per heavy atom. The number of β-amino-alcohol motifs (C(OH)–C–C–N with tert-alkyl or cyclic N) is 1. The highest BCUT2D eigenvalue weighted by molar-refractivity contribution is 4.96. The lowest BCUT2D eigenvalue weighted by Gasteiger charge is -2.52. The van der Waals surface area contributed by atoms with Crippen molar-refractivity contribution >= 4 is 0 Å². The molecule has 0 spiro atoms. The lowest BCUT2D eigenvalue weighted by Crippen LogP contribution is -2.59. The smallest absolute Gasteiger partial charge is 0.0558 e. The van der Waals surface area contributed by atoms with Crippen LogP contribution in [0.5, 0.6) is 0 Å². The maximum atomic E-state index is 9.04. The van der Waals surface area contributed by atoms with E-state index in [0.29, 0.717) is 0 Å². The van der Waals surface area contributed by atoms with Gasteiger partial charge in [0.1, 0.15) is 0 Å². The van der Waals surface area contributed by atoms with Crippen molar-refractivity contribution in [2.75, 3.05) is 13.2 Å². The molecule has 0 unspecified atom stereocenters. The van der Waals surface area contributed by atoms with Crippen molar-refractivity contribution in [2.24, 2.45) is 0 Å². The molecular formula is C11H23NO. The fourth-order valence-electron chi connectivity index (χ4n) is 2.75. The van der Waals surface area contributed by atoms with Crippen LogP contribution in [0, 0.1) is 0 Å². The van der Waals surface area contributed by atoms with Gasteiger partial charge >= 0.3 is 0 Å². The summed E-state index contributed by atoms with van der Waals surface area (Å²) in [5.74, 6) is 0. The highest BCUT2D eigenvalue weighted by atomic mass is 16.3. The van der Waals surface area contributed by atoms with Crippen molar-refractivity contribution in [2.45, 2.75) is 58.0 Å². The van der Waals surface area contributed by atoms with Crippen LogP contribution in [0.1, 0.15) is 47.0 Å². The second-order valence-corrected chi connectivity index (χ2v) is 5.35. The minimum atomic E-state index is 0.254. The monoisotopic (exact) mass is 185 g/mol. The molecule has 78 valence electrons. The fraction of sp³-hybridized carbons (Fsp3) is 1.00. The van der Waals surface area contributed by atoms with Gasteiger partial charge in [-0.15, -0.1) is 0 Å². The van der Waals surface area contributed by atoms with Crippen molar-refractivity contribution in [1.29, 1.82) is 0 Å². The number of piperidine rings is 1. The molecular weight excluding hydrogens is 162 g/mol. The van der Waals surface area contributed by atoms with Crippen molar-refractivity contribution < 1.29 is 5.11 Å². The molecule has 2 nitrogen and oxygen atoms in total. The van der Waals surface area contributed by atoms with Crippen LogP contribution in [0.3, 0.4) is 0 Å². The van der Waals surface area contributed by atoms with E-state index in [4.69, 9.17) is 5.11 Å². The summed E-state index contributed by atoms with van der Waals surface area (Å²) in [5, 5.41) is 9.04. The number of hydrogen-bond acceptors (Lipinski definition) is 2. The van der Waals surface area contributed by atoms with Crippen LogP contribution in [0.25, 0.3) is 0 Å². The van der Waals surface area contributed by atoms with E-state index in [1.807, 2.05) is 0 Å². The molecule has 1 aliphatic rings. The van der Waals surface area contributed by atoms with Crippen molar-refractivity contribution in [3.8, 4) is 0 Å². The summed E-state index contributed by atoms with van der Waals surface area (Å²) in [6.45, 7) is 10.2. The predicted octanol–water partition coefficient (Wildman–Crippen LogP) is 2.02. The molecule has 0 aromatic rings. The molecule has 1 N–H and O–H groups in total. The first-order valence-corrected chi connectivity index (χ1v) is 5.29. The average molecular weight is 185 g/mol. The third-order valence-corrected chi connectivity index (χ3v) is 3.36. The molecule has 0 aromatic heterocycles. The Bertz CT molecular complexity index is 159. The second-order valence-electron chi connectivity index (χ2n) is 5.35. The first-order valence-electron chi connectivity index (χ1n) is 5.29. The van der Waals surface area contributed by atoms with Gasteiger partial charge in [-0.3, -0.25) is 4.90 Å². The van der Waals surface area contributed by atoms with Crippen LogP contribution < -0.4 is 0 Å².